The maximum Gasteiger partial charge on any atom is 0.323 e. The molecule has 0 saturated carbocycles. The van der Waals surface area contributed by atoms with E-state index >= 15 is 0 Å². The van der Waals surface area contributed by atoms with Gasteiger partial charge in [-0.05, 0) is 12.5 Å². The number of nitriles is 1. The Balaban J connectivity index is 2.10. The van der Waals surface area contributed by atoms with Gasteiger partial charge in [-0.1, -0.05) is 31.5 Å². The topological polar surface area (TPSA) is 145 Å². The molecule has 9 nitrogen and oxygen atoms in total. The predicted octanol–water partition coefficient (Wildman–Crippen LogP) is 1.17. The second kappa shape index (κ2) is 6.13. The second-order valence-electron chi connectivity index (χ2n) is 6.64. The lowest BCUT2D eigenvalue weighted by Crippen LogP contribution is -2.47. The third-order valence-corrected chi connectivity index (χ3v) is 5.08. The molecule has 2 aliphatic rings. The summed E-state index contributed by atoms with van der Waals surface area (Å²) in [6.07, 6.45) is 1.33. The fraction of sp³-hybridized carbons (Fsp3) is 0.263. The monoisotopic (exact) mass is 379 g/mol. The number of rotatable bonds is 4. The molecule has 0 aliphatic carbocycles. The van der Waals surface area contributed by atoms with Crippen LogP contribution in [0.3, 0.4) is 0 Å². The second-order valence-corrected chi connectivity index (χ2v) is 6.64. The van der Waals surface area contributed by atoms with Crippen molar-refractivity contribution in [3.05, 3.63) is 52.5 Å². The number of para-hydroxylation sites is 1. The number of carbonyl (C=O) groups is 2. The number of H-pyrrole nitrogens is 1. The molecule has 3 heterocycles. The van der Waals surface area contributed by atoms with Crippen LogP contribution in [-0.4, -0.2) is 33.7 Å². The van der Waals surface area contributed by atoms with Gasteiger partial charge in [-0.3, -0.25) is 19.6 Å². The van der Waals surface area contributed by atoms with Crippen LogP contribution in [0.4, 0.5) is 5.69 Å². The fourth-order valence-corrected chi connectivity index (χ4v) is 4.08. The van der Waals surface area contributed by atoms with E-state index in [0.717, 1.165) is 6.42 Å². The van der Waals surface area contributed by atoms with Crippen LogP contribution in [0.2, 0.25) is 0 Å². The first-order valence-corrected chi connectivity index (χ1v) is 8.75. The van der Waals surface area contributed by atoms with E-state index in [1.54, 1.807) is 24.3 Å². The highest BCUT2D eigenvalue weighted by molar-refractivity contribution is 6.15. The Hall–Kier alpha value is -3.80. The number of benzene rings is 1. The van der Waals surface area contributed by atoms with Crippen molar-refractivity contribution < 1.29 is 19.4 Å². The highest BCUT2D eigenvalue weighted by Crippen LogP contribution is 2.55. The van der Waals surface area contributed by atoms with Crippen molar-refractivity contribution in [1.29, 1.82) is 5.26 Å². The standard InChI is InChI=1S/C19H17N5O4/c1-2-5-12-15-17(23-22-12)28-16(21)11(8-20)19(15)10-6-3-4-7-13(10)24(18(19)27)9-14(25)26/h3-4,6-7H,2,5,9,21H2,1H3,(H,22,23)(H,25,26)/t19-/m0/s1. The van der Waals surface area contributed by atoms with Crippen LogP contribution in [0.1, 0.15) is 30.2 Å². The molecule has 1 atom stereocenters. The first-order valence-electron chi connectivity index (χ1n) is 8.75. The number of carbonyl (C=O) groups excluding carboxylic acids is 1. The molecule has 0 radical (unpaired) electrons. The molecule has 0 fully saturated rings. The summed E-state index contributed by atoms with van der Waals surface area (Å²) >= 11 is 0. The van der Waals surface area contributed by atoms with Gasteiger partial charge in [0.1, 0.15) is 23.6 Å². The molecule has 4 N–H and O–H groups in total. The van der Waals surface area contributed by atoms with E-state index in [4.69, 9.17) is 10.5 Å². The van der Waals surface area contributed by atoms with Crippen molar-refractivity contribution in [2.45, 2.75) is 25.2 Å². The van der Waals surface area contributed by atoms with Gasteiger partial charge < -0.3 is 15.6 Å². The average molecular weight is 379 g/mol. The molecule has 28 heavy (non-hydrogen) atoms. The van der Waals surface area contributed by atoms with Crippen molar-refractivity contribution in [2.24, 2.45) is 5.73 Å². The SMILES string of the molecule is CCCc1[nH]nc2c1[C@@]1(C(=O)N(CC(=O)O)c3ccccc31)C(C#N)=C(N)O2. The van der Waals surface area contributed by atoms with E-state index in [2.05, 4.69) is 10.2 Å². The summed E-state index contributed by atoms with van der Waals surface area (Å²) in [5, 5.41) is 26.3. The smallest absolute Gasteiger partial charge is 0.323 e. The minimum atomic E-state index is -1.59. The quantitative estimate of drug-likeness (QED) is 0.723. The molecular formula is C19H17N5O4. The van der Waals surface area contributed by atoms with Gasteiger partial charge >= 0.3 is 5.97 Å². The molecule has 142 valence electrons. The number of ether oxygens (including phenoxy) is 1. The van der Waals surface area contributed by atoms with Gasteiger partial charge in [0, 0.05) is 16.9 Å². The van der Waals surface area contributed by atoms with Crippen molar-refractivity contribution in [3.8, 4) is 11.9 Å². The van der Waals surface area contributed by atoms with Gasteiger partial charge in [-0.2, -0.15) is 5.26 Å². The zero-order valence-corrected chi connectivity index (χ0v) is 15.0. The molecule has 1 aromatic carbocycles. The van der Waals surface area contributed by atoms with Gasteiger partial charge in [0.25, 0.3) is 0 Å². The van der Waals surface area contributed by atoms with Crippen LogP contribution in [0, 0.1) is 11.3 Å². The lowest BCUT2D eigenvalue weighted by atomic mass is 9.68. The number of hydrogen-bond donors (Lipinski definition) is 3. The van der Waals surface area contributed by atoms with Crippen LogP contribution < -0.4 is 15.4 Å². The number of aryl methyl sites for hydroxylation is 1. The highest BCUT2D eigenvalue weighted by atomic mass is 16.5. The number of nitrogens with zero attached hydrogens (tertiary/aromatic N) is 3. The van der Waals surface area contributed by atoms with Crippen molar-refractivity contribution in [1.82, 2.24) is 10.2 Å². The average Bonchev–Trinajstić information content (AvgIpc) is 3.16. The van der Waals surface area contributed by atoms with Crippen LogP contribution in [0.5, 0.6) is 5.88 Å². The van der Waals surface area contributed by atoms with Crippen LogP contribution >= 0.6 is 0 Å². The number of nitrogens with two attached hydrogens (primary N) is 1. The Kier molecular flexibility index (Phi) is 3.85. The number of hydrogen-bond acceptors (Lipinski definition) is 6. The molecule has 4 rings (SSSR count). The van der Waals surface area contributed by atoms with Crippen LogP contribution in [0.15, 0.2) is 35.7 Å². The van der Waals surface area contributed by atoms with Crippen molar-refractivity contribution in [2.75, 3.05) is 11.4 Å². The van der Waals surface area contributed by atoms with Gasteiger partial charge in [0.15, 0.2) is 0 Å². The van der Waals surface area contributed by atoms with E-state index < -0.39 is 23.8 Å². The van der Waals surface area contributed by atoms with Crippen LogP contribution in [-0.2, 0) is 21.4 Å². The minimum Gasteiger partial charge on any atom is -0.480 e. The normalized spacial score (nSPS) is 20.0. The summed E-state index contributed by atoms with van der Waals surface area (Å²) in [6.45, 7) is 1.44. The van der Waals surface area contributed by atoms with E-state index in [-0.39, 0.29) is 17.3 Å². The fourth-order valence-electron chi connectivity index (χ4n) is 4.08. The van der Waals surface area contributed by atoms with E-state index in [0.29, 0.717) is 28.9 Å². The number of aliphatic carboxylic acids is 1. The lowest BCUT2D eigenvalue weighted by Gasteiger charge is -2.32. The largest absolute Gasteiger partial charge is 0.480 e. The Morgan fingerprint density at radius 3 is 2.89 bits per heavy atom. The molecule has 0 unspecified atom stereocenters. The Morgan fingerprint density at radius 1 is 1.46 bits per heavy atom. The summed E-state index contributed by atoms with van der Waals surface area (Å²) in [5.74, 6) is -1.81. The molecule has 1 amide bonds. The summed E-state index contributed by atoms with van der Waals surface area (Å²) < 4.78 is 5.53. The molecular weight excluding hydrogens is 362 g/mol. The molecule has 2 aliphatic heterocycles. The summed E-state index contributed by atoms with van der Waals surface area (Å²) in [7, 11) is 0. The first-order chi connectivity index (χ1) is 13.5. The number of anilines is 1. The minimum absolute atomic E-state index is 0.0657. The summed E-state index contributed by atoms with van der Waals surface area (Å²) in [5.41, 5.74) is 6.33. The Bertz CT molecular complexity index is 1080. The van der Waals surface area contributed by atoms with Gasteiger partial charge in [0.2, 0.25) is 17.7 Å². The third-order valence-electron chi connectivity index (χ3n) is 5.08. The first kappa shape index (κ1) is 17.6. The molecule has 0 saturated heterocycles. The lowest BCUT2D eigenvalue weighted by molar-refractivity contribution is -0.136. The Morgan fingerprint density at radius 2 is 2.21 bits per heavy atom. The zero-order valence-electron chi connectivity index (χ0n) is 15.0. The van der Waals surface area contributed by atoms with Gasteiger partial charge in [0.05, 0.1) is 5.56 Å². The van der Waals surface area contributed by atoms with E-state index in [1.807, 2.05) is 13.0 Å². The molecule has 1 aromatic heterocycles. The van der Waals surface area contributed by atoms with Gasteiger partial charge in [-0.15, -0.1) is 5.10 Å². The third kappa shape index (κ3) is 2.08. The number of aromatic nitrogens is 2. The number of nitrogens with one attached hydrogen (secondary N) is 1. The van der Waals surface area contributed by atoms with Gasteiger partial charge in [-0.25, -0.2) is 0 Å². The summed E-state index contributed by atoms with van der Waals surface area (Å²) in [4.78, 5) is 26.3. The van der Waals surface area contributed by atoms with Crippen molar-refractivity contribution >= 4 is 17.6 Å². The molecule has 2 aromatic rings. The number of aromatic amines is 1. The van der Waals surface area contributed by atoms with Crippen LogP contribution in [0.25, 0.3) is 0 Å². The molecule has 9 heteroatoms. The number of amides is 1. The number of fused-ring (bicyclic) bond motifs is 4. The zero-order chi connectivity index (χ0) is 20.1. The van der Waals surface area contributed by atoms with E-state index in [9.17, 15) is 20.0 Å². The Labute approximate surface area is 160 Å². The maximum absolute atomic E-state index is 13.7. The number of carboxylic acids is 1. The summed E-state index contributed by atoms with van der Waals surface area (Å²) in [6, 6.07) is 8.83. The van der Waals surface area contributed by atoms with Crippen molar-refractivity contribution in [3.63, 3.8) is 0 Å². The van der Waals surface area contributed by atoms with E-state index in [1.165, 1.54) is 4.90 Å². The number of carboxylic acid groups (broad SMARTS) is 1. The maximum atomic E-state index is 13.7. The molecule has 0 bridgehead atoms. The molecule has 1 spiro atoms. The highest BCUT2D eigenvalue weighted by Gasteiger charge is 2.61. The predicted molar refractivity (Wildman–Crippen MR) is 97.2 cm³/mol.